The molecule has 0 saturated carbocycles. The molecule has 21 heavy (non-hydrogen) atoms. The van der Waals surface area contributed by atoms with Gasteiger partial charge in [0.05, 0.1) is 22.9 Å². The SMILES string of the molecule is CC(N)(Cc1ccnc2ccccc12)c1ccc(F)cn1. The van der Waals surface area contributed by atoms with Crippen LogP contribution in [-0.2, 0) is 12.0 Å². The van der Waals surface area contributed by atoms with Crippen molar-refractivity contribution in [2.75, 3.05) is 0 Å². The molecular weight excluding hydrogens is 265 g/mol. The van der Waals surface area contributed by atoms with Crippen molar-refractivity contribution in [2.24, 2.45) is 5.73 Å². The molecule has 1 unspecified atom stereocenters. The van der Waals surface area contributed by atoms with Crippen LogP contribution in [0, 0.1) is 5.82 Å². The Kier molecular flexibility index (Phi) is 3.39. The molecule has 0 spiro atoms. The molecule has 0 bridgehead atoms. The van der Waals surface area contributed by atoms with Crippen LogP contribution in [0.25, 0.3) is 10.9 Å². The molecule has 0 aliphatic rings. The standard InChI is InChI=1S/C17H16FN3/c1-17(19,16-7-6-13(18)11-21-16)10-12-8-9-20-15-5-3-2-4-14(12)15/h2-9,11H,10,19H2,1H3. The predicted octanol–water partition coefficient (Wildman–Crippen LogP) is 3.19. The number of aromatic nitrogens is 2. The maximum Gasteiger partial charge on any atom is 0.141 e. The van der Waals surface area contributed by atoms with E-state index in [1.165, 1.54) is 12.3 Å². The van der Waals surface area contributed by atoms with Gasteiger partial charge in [-0.25, -0.2) is 4.39 Å². The second-order valence-corrected chi connectivity index (χ2v) is 5.44. The lowest BCUT2D eigenvalue weighted by Crippen LogP contribution is -2.36. The Morgan fingerprint density at radius 1 is 1.10 bits per heavy atom. The van der Waals surface area contributed by atoms with Gasteiger partial charge >= 0.3 is 0 Å². The molecule has 0 fully saturated rings. The highest BCUT2D eigenvalue weighted by molar-refractivity contribution is 5.81. The Hall–Kier alpha value is -2.33. The number of para-hydroxylation sites is 1. The number of fused-ring (bicyclic) bond motifs is 1. The summed E-state index contributed by atoms with van der Waals surface area (Å²) in [4.78, 5) is 8.46. The summed E-state index contributed by atoms with van der Waals surface area (Å²) >= 11 is 0. The molecule has 3 rings (SSSR count). The van der Waals surface area contributed by atoms with Gasteiger partial charge in [-0.3, -0.25) is 9.97 Å². The van der Waals surface area contributed by atoms with E-state index in [1.807, 2.05) is 37.3 Å². The van der Waals surface area contributed by atoms with Crippen LogP contribution in [0.3, 0.4) is 0 Å². The zero-order chi connectivity index (χ0) is 14.9. The fourth-order valence-corrected chi connectivity index (χ4v) is 2.51. The third kappa shape index (κ3) is 2.76. The number of nitrogens with zero attached hydrogens (tertiary/aromatic N) is 2. The molecule has 0 amide bonds. The number of nitrogens with two attached hydrogens (primary N) is 1. The van der Waals surface area contributed by atoms with E-state index in [-0.39, 0.29) is 5.82 Å². The third-order valence-corrected chi connectivity index (χ3v) is 3.61. The highest BCUT2D eigenvalue weighted by Gasteiger charge is 2.24. The van der Waals surface area contributed by atoms with Gasteiger partial charge in [0.25, 0.3) is 0 Å². The van der Waals surface area contributed by atoms with Crippen LogP contribution in [0.5, 0.6) is 0 Å². The Labute approximate surface area is 122 Å². The fraction of sp³-hybridized carbons (Fsp3) is 0.176. The number of benzene rings is 1. The Morgan fingerprint density at radius 2 is 1.90 bits per heavy atom. The van der Waals surface area contributed by atoms with E-state index in [4.69, 9.17) is 5.73 Å². The second-order valence-electron chi connectivity index (χ2n) is 5.44. The van der Waals surface area contributed by atoms with Crippen molar-refractivity contribution >= 4 is 10.9 Å². The summed E-state index contributed by atoms with van der Waals surface area (Å²) in [5, 5.41) is 1.08. The summed E-state index contributed by atoms with van der Waals surface area (Å²) in [6.45, 7) is 1.91. The number of hydrogen-bond donors (Lipinski definition) is 1. The molecule has 3 nitrogen and oxygen atoms in total. The summed E-state index contributed by atoms with van der Waals surface area (Å²) in [6, 6.07) is 12.9. The zero-order valence-electron chi connectivity index (χ0n) is 11.8. The van der Waals surface area contributed by atoms with Crippen LogP contribution in [0.4, 0.5) is 4.39 Å². The second kappa shape index (κ2) is 5.22. The van der Waals surface area contributed by atoms with Gasteiger partial charge < -0.3 is 5.73 Å². The minimum Gasteiger partial charge on any atom is -0.320 e. The molecule has 0 saturated heterocycles. The molecule has 2 N–H and O–H groups in total. The fourth-order valence-electron chi connectivity index (χ4n) is 2.51. The maximum absolute atomic E-state index is 13.0. The molecule has 106 valence electrons. The van der Waals surface area contributed by atoms with E-state index in [9.17, 15) is 4.39 Å². The van der Waals surface area contributed by atoms with Crippen LogP contribution >= 0.6 is 0 Å². The Morgan fingerprint density at radius 3 is 2.67 bits per heavy atom. The number of hydrogen-bond acceptors (Lipinski definition) is 3. The summed E-state index contributed by atoms with van der Waals surface area (Å²) in [6.07, 6.45) is 3.59. The van der Waals surface area contributed by atoms with E-state index < -0.39 is 5.54 Å². The van der Waals surface area contributed by atoms with Crippen LogP contribution in [0.1, 0.15) is 18.2 Å². The highest BCUT2D eigenvalue weighted by Crippen LogP contribution is 2.25. The average Bonchev–Trinajstić information content (AvgIpc) is 2.48. The van der Waals surface area contributed by atoms with Crippen molar-refractivity contribution < 1.29 is 4.39 Å². The van der Waals surface area contributed by atoms with Crippen molar-refractivity contribution in [2.45, 2.75) is 18.9 Å². The van der Waals surface area contributed by atoms with E-state index in [2.05, 4.69) is 9.97 Å². The molecule has 0 aliphatic heterocycles. The summed E-state index contributed by atoms with van der Waals surface area (Å²) in [5.74, 6) is -0.357. The molecule has 2 aromatic heterocycles. The van der Waals surface area contributed by atoms with Gasteiger partial charge in [0, 0.05) is 11.6 Å². The monoisotopic (exact) mass is 281 g/mol. The first-order valence-electron chi connectivity index (χ1n) is 6.80. The lowest BCUT2D eigenvalue weighted by Gasteiger charge is -2.24. The zero-order valence-corrected chi connectivity index (χ0v) is 11.8. The van der Waals surface area contributed by atoms with E-state index in [0.29, 0.717) is 12.1 Å². The van der Waals surface area contributed by atoms with Crippen LogP contribution in [-0.4, -0.2) is 9.97 Å². The molecule has 2 heterocycles. The smallest absolute Gasteiger partial charge is 0.141 e. The first kappa shape index (κ1) is 13.6. The summed E-state index contributed by atoms with van der Waals surface area (Å²) in [5.41, 5.74) is 8.46. The molecule has 0 radical (unpaired) electrons. The molecule has 0 aliphatic carbocycles. The van der Waals surface area contributed by atoms with Crippen molar-refractivity contribution in [1.82, 2.24) is 9.97 Å². The van der Waals surface area contributed by atoms with Gasteiger partial charge in [0.15, 0.2) is 0 Å². The molecular formula is C17H16FN3. The molecule has 4 heteroatoms. The van der Waals surface area contributed by atoms with Crippen molar-refractivity contribution in [1.29, 1.82) is 0 Å². The minimum absolute atomic E-state index is 0.357. The maximum atomic E-state index is 13.0. The van der Waals surface area contributed by atoms with Gasteiger partial charge in [-0.05, 0) is 43.2 Å². The average molecular weight is 281 g/mol. The molecule has 3 aromatic rings. The van der Waals surface area contributed by atoms with Crippen LogP contribution in [0.2, 0.25) is 0 Å². The van der Waals surface area contributed by atoms with E-state index in [1.54, 1.807) is 12.3 Å². The number of pyridine rings is 2. The lowest BCUT2D eigenvalue weighted by molar-refractivity contribution is 0.474. The van der Waals surface area contributed by atoms with Gasteiger partial charge in [0.1, 0.15) is 5.82 Å². The number of rotatable bonds is 3. The third-order valence-electron chi connectivity index (χ3n) is 3.61. The first-order valence-corrected chi connectivity index (χ1v) is 6.80. The largest absolute Gasteiger partial charge is 0.320 e. The van der Waals surface area contributed by atoms with Crippen molar-refractivity contribution in [3.8, 4) is 0 Å². The first-order chi connectivity index (χ1) is 10.1. The van der Waals surface area contributed by atoms with Gasteiger partial charge in [-0.15, -0.1) is 0 Å². The van der Waals surface area contributed by atoms with Crippen molar-refractivity contribution in [3.05, 3.63) is 71.9 Å². The lowest BCUT2D eigenvalue weighted by atomic mass is 9.89. The molecule has 1 atom stereocenters. The summed E-state index contributed by atoms with van der Waals surface area (Å²) in [7, 11) is 0. The van der Waals surface area contributed by atoms with Crippen molar-refractivity contribution in [3.63, 3.8) is 0 Å². The van der Waals surface area contributed by atoms with Gasteiger partial charge in [-0.2, -0.15) is 0 Å². The predicted molar refractivity (Wildman–Crippen MR) is 81.2 cm³/mol. The Bertz CT molecular complexity index is 761. The normalized spacial score (nSPS) is 14.0. The van der Waals surface area contributed by atoms with Crippen LogP contribution in [0.15, 0.2) is 54.9 Å². The van der Waals surface area contributed by atoms with Gasteiger partial charge in [-0.1, -0.05) is 18.2 Å². The summed E-state index contributed by atoms with van der Waals surface area (Å²) < 4.78 is 13.0. The quantitative estimate of drug-likeness (QED) is 0.802. The van der Waals surface area contributed by atoms with Gasteiger partial charge in [0.2, 0.25) is 0 Å². The van der Waals surface area contributed by atoms with E-state index in [0.717, 1.165) is 16.5 Å². The minimum atomic E-state index is -0.669. The van der Waals surface area contributed by atoms with E-state index >= 15 is 0 Å². The highest BCUT2D eigenvalue weighted by atomic mass is 19.1. The van der Waals surface area contributed by atoms with Crippen LogP contribution < -0.4 is 5.73 Å². The molecule has 1 aromatic carbocycles. The Balaban J connectivity index is 1.99. The topological polar surface area (TPSA) is 51.8 Å². The number of halogens is 1.